The summed E-state index contributed by atoms with van der Waals surface area (Å²) in [5.74, 6) is 0. The monoisotopic (exact) mass is 249 g/mol. The molecule has 1 rings (SSSR count). The minimum Gasteiger partial charge on any atom is -0.394 e. The highest BCUT2D eigenvalue weighted by molar-refractivity contribution is 9.11. The predicted molar refractivity (Wildman–Crippen MR) is 55.9 cm³/mol. The van der Waals surface area contributed by atoms with Crippen LogP contribution in [0.2, 0.25) is 0 Å². The van der Waals surface area contributed by atoms with E-state index in [9.17, 15) is 0 Å². The van der Waals surface area contributed by atoms with E-state index in [0.717, 1.165) is 24.1 Å². The zero-order valence-corrected chi connectivity index (χ0v) is 9.46. The standard InChI is InChI=1S/C9H16BrNO2/c1-7(10)3-11-4-8(2)13-9(5-11)6-12/h8-9,12H,1,3-6H2,2H3. The average Bonchev–Trinajstić information content (AvgIpc) is 2.01. The Bertz CT molecular complexity index is 186. The zero-order valence-electron chi connectivity index (χ0n) is 7.87. The normalized spacial score (nSPS) is 30.4. The van der Waals surface area contributed by atoms with Gasteiger partial charge in [-0.25, -0.2) is 0 Å². The van der Waals surface area contributed by atoms with Crippen molar-refractivity contribution < 1.29 is 9.84 Å². The fourth-order valence-corrected chi connectivity index (χ4v) is 1.97. The summed E-state index contributed by atoms with van der Waals surface area (Å²) in [6.45, 7) is 8.42. The zero-order chi connectivity index (χ0) is 9.84. The minimum atomic E-state index is -0.0457. The maximum Gasteiger partial charge on any atom is 0.0936 e. The number of ether oxygens (including phenoxy) is 1. The summed E-state index contributed by atoms with van der Waals surface area (Å²) in [6.07, 6.45) is 0.147. The van der Waals surface area contributed by atoms with Gasteiger partial charge in [-0.3, -0.25) is 4.90 Å². The number of halogens is 1. The van der Waals surface area contributed by atoms with Crippen molar-refractivity contribution in [2.24, 2.45) is 0 Å². The van der Waals surface area contributed by atoms with Crippen LogP contribution in [0.25, 0.3) is 0 Å². The highest BCUT2D eigenvalue weighted by Crippen LogP contribution is 2.13. The van der Waals surface area contributed by atoms with Crippen LogP contribution in [0.1, 0.15) is 6.92 Å². The van der Waals surface area contributed by atoms with Crippen molar-refractivity contribution in [1.29, 1.82) is 0 Å². The summed E-state index contributed by atoms with van der Waals surface area (Å²) >= 11 is 3.33. The van der Waals surface area contributed by atoms with Crippen molar-refractivity contribution in [1.82, 2.24) is 4.90 Å². The molecule has 2 unspecified atom stereocenters. The van der Waals surface area contributed by atoms with E-state index in [0.29, 0.717) is 0 Å². The van der Waals surface area contributed by atoms with Crippen LogP contribution in [0.4, 0.5) is 0 Å². The largest absolute Gasteiger partial charge is 0.394 e. The van der Waals surface area contributed by atoms with E-state index in [2.05, 4.69) is 27.4 Å². The van der Waals surface area contributed by atoms with Gasteiger partial charge in [0.15, 0.2) is 0 Å². The summed E-state index contributed by atoms with van der Waals surface area (Å²) in [5.41, 5.74) is 0. The number of rotatable bonds is 3. The molecule has 0 aromatic heterocycles. The Morgan fingerprint density at radius 1 is 1.69 bits per heavy atom. The number of morpholine rings is 1. The predicted octanol–water partition coefficient (Wildman–Crippen LogP) is 0.977. The Labute approximate surface area is 87.5 Å². The molecule has 0 spiro atoms. The van der Waals surface area contributed by atoms with Crippen molar-refractivity contribution in [3.05, 3.63) is 11.1 Å². The van der Waals surface area contributed by atoms with Crippen LogP contribution < -0.4 is 0 Å². The van der Waals surface area contributed by atoms with Gasteiger partial charge in [-0.05, 0) is 6.92 Å². The topological polar surface area (TPSA) is 32.7 Å². The van der Waals surface area contributed by atoms with Gasteiger partial charge in [-0.15, -0.1) is 0 Å². The fraction of sp³-hybridized carbons (Fsp3) is 0.778. The van der Waals surface area contributed by atoms with Crippen molar-refractivity contribution in [3.63, 3.8) is 0 Å². The van der Waals surface area contributed by atoms with Crippen LogP contribution in [-0.2, 0) is 4.74 Å². The highest BCUT2D eigenvalue weighted by atomic mass is 79.9. The molecule has 1 saturated heterocycles. The molecule has 1 aliphatic heterocycles. The van der Waals surface area contributed by atoms with Crippen LogP contribution in [0.3, 0.4) is 0 Å². The van der Waals surface area contributed by atoms with Gasteiger partial charge in [0.1, 0.15) is 0 Å². The Morgan fingerprint density at radius 2 is 2.38 bits per heavy atom. The first-order valence-corrected chi connectivity index (χ1v) is 5.23. The molecule has 0 aliphatic carbocycles. The Kier molecular flexibility index (Phi) is 4.38. The van der Waals surface area contributed by atoms with E-state index < -0.39 is 0 Å². The van der Waals surface area contributed by atoms with Crippen molar-refractivity contribution in [3.8, 4) is 0 Å². The quantitative estimate of drug-likeness (QED) is 0.810. The van der Waals surface area contributed by atoms with E-state index in [1.165, 1.54) is 0 Å². The van der Waals surface area contributed by atoms with Gasteiger partial charge in [-0.2, -0.15) is 0 Å². The molecule has 2 atom stereocenters. The van der Waals surface area contributed by atoms with Gasteiger partial charge >= 0.3 is 0 Å². The molecule has 1 N–H and O–H groups in total. The summed E-state index contributed by atoms with van der Waals surface area (Å²) in [4.78, 5) is 2.23. The number of nitrogens with zero attached hydrogens (tertiary/aromatic N) is 1. The lowest BCUT2D eigenvalue weighted by Gasteiger charge is -2.35. The first-order chi connectivity index (χ1) is 6.11. The van der Waals surface area contributed by atoms with E-state index in [1.807, 2.05) is 6.92 Å². The molecule has 3 nitrogen and oxygen atoms in total. The molecule has 0 bridgehead atoms. The molecule has 0 amide bonds. The second kappa shape index (κ2) is 5.10. The Morgan fingerprint density at radius 3 is 2.92 bits per heavy atom. The number of hydrogen-bond donors (Lipinski definition) is 1. The van der Waals surface area contributed by atoms with Crippen LogP contribution >= 0.6 is 15.9 Å². The van der Waals surface area contributed by atoms with E-state index >= 15 is 0 Å². The Hall–Kier alpha value is 0.1000. The molecule has 0 saturated carbocycles. The third-order valence-corrected chi connectivity index (χ3v) is 2.25. The lowest BCUT2D eigenvalue weighted by atomic mass is 10.2. The number of aliphatic hydroxyl groups excluding tert-OH is 1. The summed E-state index contributed by atoms with van der Waals surface area (Å²) in [6, 6.07) is 0. The molecule has 76 valence electrons. The number of aliphatic hydroxyl groups is 1. The van der Waals surface area contributed by atoms with Crippen LogP contribution in [-0.4, -0.2) is 48.5 Å². The van der Waals surface area contributed by atoms with Gasteiger partial charge in [0.05, 0.1) is 18.8 Å². The second-order valence-corrected chi connectivity index (χ2v) is 4.58. The molecule has 1 aliphatic rings. The fourth-order valence-electron chi connectivity index (χ4n) is 1.61. The summed E-state index contributed by atoms with van der Waals surface area (Å²) < 4.78 is 6.48. The van der Waals surface area contributed by atoms with Crippen molar-refractivity contribution in [2.75, 3.05) is 26.2 Å². The molecule has 1 fully saturated rings. The van der Waals surface area contributed by atoms with Gasteiger partial charge in [-0.1, -0.05) is 22.5 Å². The molecule has 1 heterocycles. The van der Waals surface area contributed by atoms with Crippen LogP contribution in [0, 0.1) is 0 Å². The molecule has 0 aromatic carbocycles. The first kappa shape index (κ1) is 11.2. The third-order valence-electron chi connectivity index (χ3n) is 2.00. The molecular formula is C9H16BrNO2. The van der Waals surface area contributed by atoms with Gasteiger partial charge in [0, 0.05) is 24.1 Å². The van der Waals surface area contributed by atoms with Crippen molar-refractivity contribution >= 4 is 15.9 Å². The maximum absolute atomic E-state index is 8.97. The van der Waals surface area contributed by atoms with Crippen molar-refractivity contribution in [2.45, 2.75) is 19.1 Å². The minimum absolute atomic E-state index is 0.0457. The molecule has 4 heteroatoms. The SMILES string of the molecule is C=C(Br)CN1CC(C)OC(CO)C1. The third kappa shape index (κ3) is 3.77. The van der Waals surface area contributed by atoms with E-state index in [4.69, 9.17) is 9.84 Å². The van der Waals surface area contributed by atoms with Crippen LogP contribution in [0.15, 0.2) is 11.1 Å². The molecule has 0 aromatic rings. The second-order valence-electron chi connectivity index (χ2n) is 3.46. The molecule has 0 radical (unpaired) electrons. The average molecular weight is 250 g/mol. The first-order valence-electron chi connectivity index (χ1n) is 4.43. The highest BCUT2D eigenvalue weighted by Gasteiger charge is 2.24. The summed E-state index contributed by atoms with van der Waals surface area (Å²) in [7, 11) is 0. The number of hydrogen-bond acceptors (Lipinski definition) is 3. The maximum atomic E-state index is 8.97. The lowest BCUT2D eigenvalue weighted by molar-refractivity contribution is -0.0925. The van der Waals surface area contributed by atoms with E-state index in [-0.39, 0.29) is 18.8 Å². The lowest BCUT2D eigenvalue weighted by Crippen LogP contribution is -2.48. The summed E-state index contributed by atoms with van der Waals surface area (Å²) in [5, 5.41) is 8.97. The molecular weight excluding hydrogens is 234 g/mol. The smallest absolute Gasteiger partial charge is 0.0936 e. The van der Waals surface area contributed by atoms with E-state index in [1.54, 1.807) is 0 Å². The van der Waals surface area contributed by atoms with Gasteiger partial charge < -0.3 is 9.84 Å². The Balaban J connectivity index is 2.42. The van der Waals surface area contributed by atoms with Crippen LogP contribution in [0.5, 0.6) is 0 Å². The molecule has 13 heavy (non-hydrogen) atoms. The van der Waals surface area contributed by atoms with Gasteiger partial charge in [0.25, 0.3) is 0 Å². The van der Waals surface area contributed by atoms with Gasteiger partial charge in [0.2, 0.25) is 0 Å².